The quantitative estimate of drug-likeness (QED) is 0.260. The van der Waals surface area contributed by atoms with Crippen molar-refractivity contribution < 1.29 is 50.1 Å². The molecule has 0 fully saturated rings. The fraction of sp³-hybridized carbons (Fsp3) is 0.304. The van der Waals surface area contributed by atoms with E-state index < -0.39 is 43.1 Å². The molecule has 0 saturated heterocycles. The molecule has 2 rings (SSSR count). The molecule has 36 heavy (non-hydrogen) atoms. The number of carbonyl (C=O) groups is 2. The topological polar surface area (TPSA) is 85.9 Å². The second-order valence-electron chi connectivity index (χ2n) is 7.12. The predicted octanol–water partition coefficient (Wildman–Crippen LogP) is 4.45. The number of alkyl halides is 6. The Morgan fingerprint density at radius 2 is 1.50 bits per heavy atom. The number of carbonyl (C=O) groups excluding carboxylic acids is 2. The number of halogens is 6. The van der Waals surface area contributed by atoms with Crippen LogP contribution in [0.2, 0.25) is 0 Å². The molecule has 0 radical (unpaired) electrons. The van der Waals surface area contributed by atoms with Gasteiger partial charge < -0.3 is 24.8 Å². The first-order chi connectivity index (χ1) is 16.9. The summed E-state index contributed by atoms with van der Waals surface area (Å²) in [4.78, 5) is 25.2. The van der Waals surface area contributed by atoms with Crippen LogP contribution in [0.4, 0.5) is 26.3 Å². The summed E-state index contributed by atoms with van der Waals surface area (Å²) in [5, 5.41) is 4.93. The van der Waals surface area contributed by atoms with E-state index in [2.05, 4.69) is 15.4 Å². The number of nitrogens with one attached hydrogen (secondary N) is 2. The predicted molar refractivity (Wildman–Crippen MR) is 116 cm³/mol. The van der Waals surface area contributed by atoms with Crippen molar-refractivity contribution in [3.8, 4) is 11.5 Å². The van der Waals surface area contributed by atoms with Crippen LogP contribution in [0.25, 0.3) is 6.08 Å². The molecule has 0 unspecified atom stereocenters. The van der Waals surface area contributed by atoms with Gasteiger partial charge in [0.2, 0.25) is 0 Å². The van der Waals surface area contributed by atoms with Gasteiger partial charge in [-0.05, 0) is 48.0 Å². The molecular weight excluding hydrogens is 498 g/mol. The van der Waals surface area contributed by atoms with E-state index >= 15 is 0 Å². The van der Waals surface area contributed by atoms with Crippen LogP contribution < -0.4 is 20.1 Å². The molecule has 2 aromatic carbocycles. The summed E-state index contributed by atoms with van der Waals surface area (Å²) in [7, 11) is 1.42. The van der Waals surface area contributed by atoms with Crippen molar-refractivity contribution in [3.05, 3.63) is 65.4 Å². The maximum Gasteiger partial charge on any atom is 0.573 e. The molecule has 0 aliphatic heterocycles. The SMILES string of the molecule is COCCNC(=O)C(=Cc1ccc(OC(F)(F)F)cc1)NC(=O)c1ccc(OCCC(F)(F)F)cc1. The van der Waals surface area contributed by atoms with Crippen molar-refractivity contribution in [3.63, 3.8) is 0 Å². The zero-order chi connectivity index (χ0) is 26.8. The van der Waals surface area contributed by atoms with Crippen LogP contribution >= 0.6 is 0 Å². The number of rotatable bonds is 11. The maximum absolute atomic E-state index is 12.7. The molecular formula is C23H22F6N2O5. The molecule has 7 nitrogen and oxygen atoms in total. The highest BCUT2D eigenvalue weighted by Crippen LogP contribution is 2.23. The third-order valence-electron chi connectivity index (χ3n) is 4.28. The summed E-state index contributed by atoms with van der Waals surface area (Å²) in [6.07, 6.45) is -9.12. The lowest BCUT2D eigenvalue weighted by molar-refractivity contribution is -0.274. The van der Waals surface area contributed by atoms with Gasteiger partial charge in [-0.25, -0.2) is 0 Å². The monoisotopic (exact) mass is 520 g/mol. The van der Waals surface area contributed by atoms with Gasteiger partial charge in [-0.2, -0.15) is 13.2 Å². The molecule has 2 N–H and O–H groups in total. The van der Waals surface area contributed by atoms with E-state index in [0.29, 0.717) is 0 Å². The highest BCUT2D eigenvalue weighted by atomic mass is 19.4. The Bertz CT molecular complexity index is 1030. The van der Waals surface area contributed by atoms with Crippen LogP contribution in [0.5, 0.6) is 11.5 Å². The summed E-state index contributed by atoms with van der Waals surface area (Å²) in [5.41, 5.74) is 0.143. The highest BCUT2D eigenvalue weighted by Gasteiger charge is 2.31. The van der Waals surface area contributed by atoms with Crippen molar-refractivity contribution in [1.82, 2.24) is 10.6 Å². The zero-order valence-corrected chi connectivity index (χ0v) is 18.8. The molecule has 0 aliphatic rings. The van der Waals surface area contributed by atoms with E-state index in [0.717, 1.165) is 12.1 Å². The Kier molecular flexibility index (Phi) is 10.1. The van der Waals surface area contributed by atoms with Crippen molar-refractivity contribution in [1.29, 1.82) is 0 Å². The van der Waals surface area contributed by atoms with Gasteiger partial charge in [0.25, 0.3) is 11.8 Å². The first kappa shape index (κ1) is 28.5. The number of hydrogen-bond donors (Lipinski definition) is 2. The van der Waals surface area contributed by atoms with Crippen molar-refractivity contribution >= 4 is 17.9 Å². The fourth-order valence-corrected chi connectivity index (χ4v) is 2.63. The lowest BCUT2D eigenvalue weighted by Gasteiger charge is -2.12. The molecule has 0 aliphatic carbocycles. The smallest absolute Gasteiger partial charge is 0.493 e. The van der Waals surface area contributed by atoms with Crippen LogP contribution in [-0.2, 0) is 9.53 Å². The summed E-state index contributed by atoms with van der Waals surface area (Å²) >= 11 is 0. The summed E-state index contributed by atoms with van der Waals surface area (Å²) in [6, 6.07) is 9.77. The third-order valence-corrected chi connectivity index (χ3v) is 4.28. The van der Waals surface area contributed by atoms with Gasteiger partial charge >= 0.3 is 12.5 Å². The summed E-state index contributed by atoms with van der Waals surface area (Å²) in [6.45, 7) is -0.284. The van der Waals surface area contributed by atoms with Crippen LogP contribution in [0.3, 0.4) is 0 Å². The Hall–Kier alpha value is -3.74. The van der Waals surface area contributed by atoms with Crippen LogP contribution in [0.15, 0.2) is 54.2 Å². The zero-order valence-electron chi connectivity index (χ0n) is 18.8. The first-order valence-corrected chi connectivity index (χ1v) is 10.3. The molecule has 0 saturated carbocycles. The Balaban J connectivity index is 2.14. The van der Waals surface area contributed by atoms with Crippen LogP contribution in [-0.4, -0.2) is 51.2 Å². The highest BCUT2D eigenvalue weighted by molar-refractivity contribution is 6.05. The van der Waals surface area contributed by atoms with E-state index in [9.17, 15) is 35.9 Å². The molecule has 0 bridgehead atoms. The van der Waals surface area contributed by atoms with Gasteiger partial charge in [0.05, 0.1) is 19.6 Å². The van der Waals surface area contributed by atoms with Gasteiger partial charge in [-0.1, -0.05) is 12.1 Å². The van der Waals surface area contributed by atoms with Crippen LogP contribution in [0, 0.1) is 0 Å². The molecule has 0 aromatic heterocycles. The van der Waals surface area contributed by atoms with Gasteiger partial charge in [-0.3, -0.25) is 9.59 Å². The second kappa shape index (κ2) is 12.8. The largest absolute Gasteiger partial charge is 0.573 e. The number of hydrogen-bond acceptors (Lipinski definition) is 5. The average Bonchev–Trinajstić information content (AvgIpc) is 2.78. The number of methoxy groups -OCH3 is 1. The minimum Gasteiger partial charge on any atom is -0.493 e. The standard InChI is InChI=1S/C23H22F6N2O5/c1-34-13-11-30-21(33)19(14-15-2-6-18(7-3-15)36-23(27,28)29)31-20(32)16-4-8-17(9-5-16)35-12-10-22(24,25)26/h2-9,14H,10-13H2,1H3,(H,30,33)(H,31,32). The lowest BCUT2D eigenvalue weighted by atomic mass is 10.1. The molecule has 2 amide bonds. The van der Waals surface area contributed by atoms with Crippen molar-refractivity contribution in [2.75, 3.05) is 26.9 Å². The third kappa shape index (κ3) is 10.7. The number of benzene rings is 2. The van der Waals surface area contributed by atoms with E-state index in [4.69, 9.17) is 9.47 Å². The minimum atomic E-state index is -4.86. The van der Waals surface area contributed by atoms with Gasteiger partial charge in [-0.15, -0.1) is 13.2 Å². The van der Waals surface area contributed by atoms with Crippen molar-refractivity contribution in [2.24, 2.45) is 0 Å². The molecule has 13 heteroatoms. The lowest BCUT2D eigenvalue weighted by Crippen LogP contribution is -2.36. The van der Waals surface area contributed by atoms with E-state index in [1.54, 1.807) is 0 Å². The summed E-state index contributed by atoms with van der Waals surface area (Å²) in [5.74, 6) is -1.76. The van der Waals surface area contributed by atoms with Crippen LogP contribution in [0.1, 0.15) is 22.3 Å². The van der Waals surface area contributed by atoms with E-state index in [1.165, 1.54) is 49.6 Å². The fourth-order valence-electron chi connectivity index (χ4n) is 2.63. The summed E-state index contributed by atoms with van der Waals surface area (Å²) < 4.78 is 87.4. The number of amides is 2. The van der Waals surface area contributed by atoms with Crippen molar-refractivity contribution in [2.45, 2.75) is 19.0 Å². The van der Waals surface area contributed by atoms with Gasteiger partial charge in [0.15, 0.2) is 0 Å². The first-order valence-electron chi connectivity index (χ1n) is 10.3. The minimum absolute atomic E-state index is 0.0719. The van der Waals surface area contributed by atoms with Gasteiger partial charge in [0.1, 0.15) is 17.2 Å². The molecule has 0 atom stereocenters. The van der Waals surface area contributed by atoms with E-state index in [-0.39, 0.29) is 35.7 Å². The molecule has 0 heterocycles. The average molecular weight is 520 g/mol. The van der Waals surface area contributed by atoms with E-state index in [1.807, 2.05) is 0 Å². The number of ether oxygens (including phenoxy) is 3. The normalized spacial score (nSPS) is 12.1. The molecule has 2 aromatic rings. The Labute approximate surface area is 202 Å². The Morgan fingerprint density at radius 3 is 2.06 bits per heavy atom. The molecule has 0 spiro atoms. The maximum atomic E-state index is 12.7. The molecule has 196 valence electrons. The van der Waals surface area contributed by atoms with Gasteiger partial charge in [0, 0.05) is 19.2 Å². The Morgan fingerprint density at radius 1 is 0.889 bits per heavy atom. The second-order valence-corrected chi connectivity index (χ2v) is 7.12.